The van der Waals surface area contributed by atoms with E-state index in [0.29, 0.717) is 25.6 Å². The lowest BCUT2D eigenvalue weighted by Gasteiger charge is -2.14. The molecule has 0 aliphatic carbocycles. The summed E-state index contributed by atoms with van der Waals surface area (Å²) in [6, 6.07) is 0. The number of Topliss-reactive ketones (excluding diaryl/α,β-unsaturated/α-hetero) is 1. The van der Waals surface area contributed by atoms with Gasteiger partial charge in [0, 0.05) is 20.0 Å². The molecule has 0 radical (unpaired) electrons. The third-order valence-corrected chi connectivity index (χ3v) is 4.31. The largest absolute Gasteiger partial charge is 0.466 e. The van der Waals surface area contributed by atoms with Gasteiger partial charge in [-0.05, 0) is 45.4 Å². The van der Waals surface area contributed by atoms with E-state index in [9.17, 15) is 9.59 Å². The summed E-state index contributed by atoms with van der Waals surface area (Å²) in [4.78, 5) is 22.4. The number of carbonyl (C=O) groups is 2. The molecule has 0 aromatic rings. The second-order valence-corrected chi connectivity index (χ2v) is 6.69. The average molecular weight is 343 g/mol. The van der Waals surface area contributed by atoms with Crippen LogP contribution in [-0.4, -0.2) is 31.6 Å². The Kier molecular flexibility index (Phi) is 16.3. The van der Waals surface area contributed by atoms with Crippen LogP contribution in [0.2, 0.25) is 0 Å². The zero-order valence-corrected chi connectivity index (χ0v) is 16.1. The maximum absolute atomic E-state index is 11.6. The van der Waals surface area contributed by atoms with E-state index in [4.69, 9.17) is 9.47 Å². The molecule has 142 valence electrons. The lowest BCUT2D eigenvalue weighted by atomic mass is 10.0. The number of rotatable bonds is 17. The van der Waals surface area contributed by atoms with E-state index in [2.05, 4.69) is 6.92 Å². The Balaban J connectivity index is 3.47. The molecular weight excluding hydrogens is 304 g/mol. The predicted molar refractivity (Wildman–Crippen MR) is 98.1 cm³/mol. The van der Waals surface area contributed by atoms with Crippen LogP contribution in [-0.2, 0) is 19.1 Å². The zero-order valence-electron chi connectivity index (χ0n) is 16.1. The third kappa shape index (κ3) is 16.0. The van der Waals surface area contributed by atoms with Crippen LogP contribution in [0.1, 0.15) is 97.3 Å². The predicted octanol–water partition coefficient (Wildman–Crippen LogP) is 5.22. The fraction of sp³-hybridized carbons (Fsp3) is 0.900. The van der Waals surface area contributed by atoms with Gasteiger partial charge in [0.25, 0.3) is 0 Å². The van der Waals surface area contributed by atoms with Crippen molar-refractivity contribution in [1.29, 1.82) is 0 Å². The van der Waals surface area contributed by atoms with Crippen molar-refractivity contribution in [3.8, 4) is 0 Å². The molecule has 1 unspecified atom stereocenters. The number of methoxy groups -OCH3 is 1. The summed E-state index contributed by atoms with van der Waals surface area (Å²) in [5.74, 6) is 0.130. The van der Waals surface area contributed by atoms with Gasteiger partial charge in [-0.3, -0.25) is 4.79 Å². The van der Waals surface area contributed by atoms with Gasteiger partial charge in [0.15, 0.2) is 0 Å². The molecule has 0 N–H and O–H groups in total. The molecule has 0 rings (SSSR count). The van der Waals surface area contributed by atoms with E-state index in [-0.39, 0.29) is 11.8 Å². The molecule has 0 aliphatic rings. The van der Waals surface area contributed by atoms with Gasteiger partial charge in [-0.1, -0.05) is 39.0 Å². The quantitative estimate of drug-likeness (QED) is 0.268. The van der Waals surface area contributed by atoms with Crippen molar-refractivity contribution in [3.63, 3.8) is 0 Å². The molecule has 0 fully saturated rings. The first-order valence-electron chi connectivity index (χ1n) is 9.78. The molecule has 0 spiro atoms. The van der Waals surface area contributed by atoms with Crippen LogP contribution < -0.4 is 0 Å². The highest BCUT2D eigenvalue weighted by Gasteiger charge is 2.08. The minimum absolute atomic E-state index is 0.0986. The highest BCUT2D eigenvalue weighted by molar-refractivity contribution is 5.75. The summed E-state index contributed by atoms with van der Waals surface area (Å²) in [6.45, 7) is 4.31. The number of esters is 1. The van der Waals surface area contributed by atoms with Crippen LogP contribution in [0.5, 0.6) is 0 Å². The highest BCUT2D eigenvalue weighted by Crippen LogP contribution is 2.14. The Morgan fingerprint density at radius 1 is 0.833 bits per heavy atom. The molecule has 0 saturated carbocycles. The number of unbranched alkanes of at least 4 members (excludes halogenated alkanes) is 6. The molecule has 0 bridgehead atoms. The maximum Gasteiger partial charge on any atom is 0.305 e. The molecule has 0 aliphatic heterocycles. The fourth-order valence-electron chi connectivity index (χ4n) is 2.73. The molecule has 0 saturated heterocycles. The number of ether oxygens (including phenoxy) is 2. The van der Waals surface area contributed by atoms with Gasteiger partial charge >= 0.3 is 5.97 Å². The van der Waals surface area contributed by atoms with Crippen molar-refractivity contribution < 1.29 is 19.1 Å². The van der Waals surface area contributed by atoms with Crippen molar-refractivity contribution >= 4 is 11.8 Å². The van der Waals surface area contributed by atoms with Crippen LogP contribution in [0, 0.1) is 0 Å². The smallest absolute Gasteiger partial charge is 0.305 e. The van der Waals surface area contributed by atoms with E-state index < -0.39 is 0 Å². The first-order valence-corrected chi connectivity index (χ1v) is 9.78. The topological polar surface area (TPSA) is 52.6 Å². The normalized spacial score (nSPS) is 12.1. The summed E-state index contributed by atoms with van der Waals surface area (Å²) in [5.41, 5.74) is 0. The Hall–Kier alpha value is -0.900. The van der Waals surface area contributed by atoms with Crippen LogP contribution in [0.15, 0.2) is 0 Å². The van der Waals surface area contributed by atoms with Gasteiger partial charge < -0.3 is 14.3 Å². The second-order valence-electron chi connectivity index (χ2n) is 6.69. The van der Waals surface area contributed by atoms with Gasteiger partial charge in [0.05, 0.1) is 12.7 Å². The molecule has 0 aromatic carbocycles. The third-order valence-electron chi connectivity index (χ3n) is 4.31. The second kappa shape index (κ2) is 16.9. The number of hydrogen-bond acceptors (Lipinski definition) is 4. The van der Waals surface area contributed by atoms with Gasteiger partial charge in [-0.2, -0.15) is 0 Å². The first kappa shape index (κ1) is 23.1. The van der Waals surface area contributed by atoms with Crippen molar-refractivity contribution in [1.82, 2.24) is 0 Å². The van der Waals surface area contributed by atoms with Gasteiger partial charge in [0.2, 0.25) is 0 Å². The lowest BCUT2D eigenvalue weighted by Crippen LogP contribution is -2.11. The van der Waals surface area contributed by atoms with Gasteiger partial charge in [0.1, 0.15) is 5.78 Å². The van der Waals surface area contributed by atoms with Crippen molar-refractivity contribution in [2.75, 3.05) is 13.7 Å². The Morgan fingerprint density at radius 3 is 2.08 bits per heavy atom. The minimum Gasteiger partial charge on any atom is -0.466 e. The van der Waals surface area contributed by atoms with Crippen molar-refractivity contribution in [2.24, 2.45) is 0 Å². The van der Waals surface area contributed by atoms with Crippen LogP contribution in [0.3, 0.4) is 0 Å². The average Bonchev–Trinajstić information content (AvgIpc) is 2.56. The lowest BCUT2D eigenvalue weighted by molar-refractivity contribution is -0.144. The molecule has 0 aromatic heterocycles. The van der Waals surface area contributed by atoms with Gasteiger partial charge in [-0.15, -0.1) is 0 Å². The molecule has 0 amide bonds. The summed E-state index contributed by atoms with van der Waals surface area (Å²) in [5, 5.41) is 0. The highest BCUT2D eigenvalue weighted by atomic mass is 16.5. The van der Waals surface area contributed by atoms with E-state index >= 15 is 0 Å². The number of hydrogen-bond donors (Lipinski definition) is 0. The minimum atomic E-state index is -0.0986. The maximum atomic E-state index is 11.6. The summed E-state index contributed by atoms with van der Waals surface area (Å²) in [6.07, 6.45) is 13.3. The summed E-state index contributed by atoms with van der Waals surface area (Å²) in [7, 11) is 1.78. The van der Waals surface area contributed by atoms with Crippen LogP contribution in [0.4, 0.5) is 0 Å². The first-order chi connectivity index (χ1) is 11.6. The number of ketones is 1. The molecule has 4 nitrogen and oxygen atoms in total. The standard InChI is InChI=1S/C20H38O4/c1-4-5-6-9-14-19(23-3)15-10-11-16-20(22)24-17-12-7-8-13-18(2)21/h19H,4-17H2,1-3H3. The Labute approximate surface area is 148 Å². The van der Waals surface area contributed by atoms with Gasteiger partial charge in [-0.25, -0.2) is 0 Å². The van der Waals surface area contributed by atoms with Crippen LogP contribution in [0.25, 0.3) is 0 Å². The Bertz CT molecular complexity index is 315. The van der Waals surface area contributed by atoms with Crippen molar-refractivity contribution in [2.45, 2.75) is 103 Å². The monoisotopic (exact) mass is 342 g/mol. The molecule has 24 heavy (non-hydrogen) atoms. The summed E-state index contributed by atoms with van der Waals surface area (Å²) >= 11 is 0. The molecule has 4 heteroatoms. The molecular formula is C20H38O4. The molecule has 0 heterocycles. The zero-order chi connectivity index (χ0) is 18.0. The SMILES string of the molecule is CCCCCCC(CCCCC(=O)OCCCCCC(C)=O)OC. The van der Waals surface area contributed by atoms with E-state index in [1.54, 1.807) is 14.0 Å². The number of carbonyl (C=O) groups excluding carboxylic acids is 2. The van der Waals surface area contributed by atoms with E-state index in [1.165, 1.54) is 25.7 Å². The fourth-order valence-corrected chi connectivity index (χ4v) is 2.73. The Morgan fingerprint density at radius 2 is 1.46 bits per heavy atom. The van der Waals surface area contributed by atoms with E-state index in [0.717, 1.165) is 44.9 Å². The van der Waals surface area contributed by atoms with E-state index in [1.807, 2.05) is 0 Å². The summed E-state index contributed by atoms with van der Waals surface area (Å²) < 4.78 is 10.7. The van der Waals surface area contributed by atoms with Crippen LogP contribution >= 0.6 is 0 Å². The molecule has 1 atom stereocenters. The van der Waals surface area contributed by atoms with Crippen molar-refractivity contribution in [3.05, 3.63) is 0 Å².